The van der Waals surface area contributed by atoms with Gasteiger partial charge in [0.25, 0.3) is 22.7 Å². The van der Waals surface area contributed by atoms with Crippen molar-refractivity contribution in [2.75, 3.05) is 0 Å². The molecule has 15 heteroatoms. The van der Waals surface area contributed by atoms with Gasteiger partial charge < -0.3 is 4.84 Å². The van der Waals surface area contributed by atoms with Crippen LogP contribution in [0.4, 0.5) is 22.7 Å². The van der Waals surface area contributed by atoms with E-state index >= 15 is 0 Å². The van der Waals surface area contributed by atoms with Gasteiger partial charge in [0.05, 0.1) is 43.0 Å². The van der Waals surface area contributed by atoms with Crippen molar-refractivity contribution < 1.29 is 29.3 Å². The molecule has 1 aliphatic rings. The van der Waals surface area contributed by atoms with E-state index in [2.05, 4.69) is 5.16 Å². The SMILES string of the molecule is CC(C=O)ON=C1c2cc([N+](=O)[O-])cc([N+](=O)[O-])c2-c2c1cc([N+](=O)[O-])cc2[N+](=O)[O-]. The van der Waals surface area contributed by atoms with Crippen LogP contribution in [0.5, 0.6) is 0 Å². The minimum Gasteiger partial charge on any atom is -0.385 e. The average Bonchev–Trinajstić information content (AvgIpc) is 3.03. The normalized spacial score (nSPS) is 12.4. The second-order valence-electron chi connectivity index (χ2n) is 6.19. The topological polar surface area (TPSA) is 211 Å². The van der Waals surface area contributed by atoms with Crippen LogP contribution in [0.25, 0.3) is 11.1 Å². The molecule has 1 aliphatic carbocycles. The van der Waals surface area contributed by atoms with Gasteiger partial charge in [0, 0.05) is 23.3 Å². The Morgan fingerprint density at radius 2 is 1.23 bits per heavy atom. The van der Waals surface area contributed by atoms with E-state index in [1.54, 1.807) is 0 Å². The summed E-state index contributed by atoms with van der Waals surface area (Å²) in [6.07, 6.45) is -0.755. The van der Waals surface area contributed by atoms with Gasteiger partial charge in [-0.15, -0.1) is 0 Å². The smallest absolute Gasteiger partial charge is 0.285 e. The second-order valence-corrected chi connectivity index (χ2v) is 6.19. The number of benzene rings is 2. The summed E-state index contributed by atoms with van der Waals surface area (Å²) in [6, 6.07) is 2.99. The molecule has 0 heterocycles. The minimum atomic E-state index is -1.11. The molecule has 31 heavy (non-hydrogen) atoms. The first-order valence-corrected chi connectivity index (χ1v) is 8.20. The number of non-ortho nitro benzene ring substituents is 2. The van der Waals surface area contributed by atoms with E-state index < -0.39 is 48.5 Å². The van der Waals surface area contributed by atoms with Crippen molar-refractivity contribution in [3.63, 3.8) is 0 Å². The van der Waals surface area contributed by atoms with Crippen molar-refractivity contribution in [3.05, 3.63) is 75.8 Å². The van der Waals surface area contributed by atoms with Crippen molar-refractivity contribution in [2.45, 2.75) is 13.0 Å². The molecule has 158 valence electrons. The number of nitrogens with zero attached hydrogens (tertiary/aromatic N) is 5. The van der Waals surface area contributed by atoms with Crippen LogP contribution in [-0.2, 0) is 9.63 Å². The van der Waals surface area contributed by atoms with Crippen molar-refractivity contribution >= 4 is 34.7 Å². The molecule has 0 aliphatic heterocycles. The van der Waals surface area contributed by atoms with E-state index in [4.69, 9.17) is 4.84 Å². The largest absolute Gasteiger partial charge is 0.385 e. The number of hydrogen-bond acceptors (Lipinski definition) is 11. The highest BCUT2D eigenvalue weighted by atomic mass is 16.6. The van der Waals surface area contributed by atoms with Gasteiger partial charge in [-0.3, -0.25) is 45.3 Å². The number of oxime groups is 1. The second kappa shape index (κ2) is 7.54. The van der Waals surface area contributed by atoms with Crippen LogP contribution in [0.1, 0.15) is 18.1 Å². The number of rotatable bonds is 7. The van der Waals surface area contributed by atoms with Crippen LogP contribution in [0.15, 0.2) is 29.4 Å². The number of carbonyl (C=O) groups is 1. The van der Waals surface area contributed by atoms with Gasteiger partial charge in [-0.2, -0.15) is 0 Å². The van der Waals surface area contributed by atoms with Gasteiger partial charge >= 0.3 is 0 Å². The molecule has 2 aromatic carbocycles. The van der Waals surface area contributed by atoms with E-state index in [-0.39, 0.29) is 28.0 Å². The summed E-state index contributed by atoms with van der Waals surface area (Å²) >= 11 is 0. The van der Waals surface area contributed by atoms with E-state index in [1.165, 1.54) is 6.92 Å². The Balaban J connectivity index is 2.49. The molecule has 0 fully saturated rings. The molecule has 1 unspecified atom stereocenters. The predicted molar refractivity (Wildman–Crippen MR) is 101 cm³/mol. The molecule has 0 saturated heterocycles. The Kier molecular flexibility index (Phi) is 5.09. The quantitative estimate of drug-likeness (QED) is 0.303. The van der Waals surface area contributed by atoms with E-state index in [0.29, 0.717) is 18.4 Å². The Morgan fingerprint density at radius 1 is 0.806 bits per heavy atom. The van der Waals surface area contributed by atoms with Gasteiger partial charge in [0.2, 0.25) is 0 Å². The molecule has 0 saturated carbocycles. The molecule has 1 atom stereocenters. The van der Waals surface area contributed by atoms with Crippen molar-refractivity contribution in [2.24, 2.45) is 5.16 Å². The maximum atomic E-state index is 11.6. The third-order valence-electron chi connectivity index (χ3n) is 4.28. The van der Waals surface area contributed by atoms with Crippen molar-refractivity contribution in [3.8, 4) is 11.1 Å². The highest BCUT2D eigenvalue weighted by Gasteiger charge is 2.41. The van der Waals surface area contributed by atoms with E-state index in [1.807, 2.05) is 0 Å². The Bertz CT molecular complexity index is 1140. The lowest BCUT2D eigenvalue weighted by molar-refractivity contribution is -0.395. The summed E-state index contributed by atoms with van der Waals surface area (Å²) in [7, 11) is 0. The average molecular weight is 431 g/mol. The van der Waals surface area contributed by atoms with E-state index in [9.17, 15) is 45.3 Å². The first-order valence-electron chi connectivity index (χ1n) is 8.20. The molecule has 3 rings (SSSR count). The number of aldehydes is 1. The molecule has 0 radical (unpaired) electrons. The molecule has 0 spiro atoms. The number of nitro groups is 4. The summed E-state index contributed by atoms with van der Waals surface area (Å²) in [5, 5.41) is 49.4. The fraction of sp³-hybridized carbons (Fsp3) is 0.125. The summed E-state index contributed by atoms with van der Waals surface area (Å²) in [6.45, 7) is 1.29. The maximum absolute atomic E-state index is 11.6. The van der Waals surface area contributed by atoms with Crippen molar-refractivity contribution in [1.82, 2.24) is 0 Å². The molecular weight excluding hydrogens is 422 g/mol. The standard InChI is InChI=1S/C16H9N5O10/c1-7(6-22)31-17-16-10-2-8(18(23)24)4-12(20(27)28)14(10)15-11(16)3-9(19(25)26)5-13(15)21(29)30/h2-7H,1H3. The fourth-order valence-electron chi connectivity index (χ4n) is 3.03. The molecular formula is C16H9N5O10. The van der Waals surface area contributed by atoms with Gasteiger partial charge in [0.15, 0.2) is 12.4 Å². The van der Waals surface area contributed by atoms with Gasteiger partial charge in [-0.25, -0.2) is 0 Å². The van der Waals surface area contributed by atoms with E-state index in [0.717, 1.165) is 12.1 Å². The zero-order valence-electron chi connectivity index (χ0n) is 15.3. The molecule has 0 bridgehead atoms. The van der Waals surface area contributed by atoms with Crippen LogP contribution in [0.3, 0.4) is 0 Å². The monoisotopic (exact) mass is 431 g/mol. The highest BCUT2D eigenvalue weighted by molar-refractivity contribution is 6.27. The number of nitro benzene ring substituents is 4. The fourth-order valence-corrected chi connectivity index (χ4v) is 3.03. The highest BCUT2D eigenvalue weighted by Crippen LogP contribution is 2.50. The zero-order valence-corrected chi connectivity index (χ0v) is 15.3. The molecule has 15 nitrogen and oxygen atoms in total. The lowest BCUT2D eigenvalue weighted by Crippen LogP contribution is -2.09. The summed E-state index contributed by atoms with van der Waals surface area (Å²) in [5.74, 6) is 0. The number of hydrogen-bond donors (Lipinski definition) is 0. The summed E-state index contributed by atoms with van der Waals surface area (Å²) in [4.78, 5) is 57.7. The van der Waals surface area contributed by atoms with Crippen LogP contribution >= 0.6 is 0 Å². The lowest BCUT2D eigenvalue weighted by atomic mass is 10.0. The summed E-state index contributed by atoms with van der Waals surface area (Å²) < 4.78 is 0. The van der Waals surface area contributed by atoms with Gasteiger partial charge in [-0.1, -0.05) is 5.16 Å². The van der Waals surface area contributed by atoms with Gasteiger partial charge in [0.1, 0.15) is 5.71 Å². The van der Waals surface area contributed by atoms with Crippen LogP contribution in [0, 0.1) is 40.5 Å². The zero-order chi connectivity index (χ0) is 23.0. The predicted octanol–water partition coefficient (Wildman–Crippen LogP) is 2.66. The van der Waals surface area contributed by atoms with Gasteiger partial charge in [-0.05, 0) is 6.92 Å². The molecule has 0 aromatic heterocycles. The van der Waals surface area contributed by atoms with Crippen LogP contribution in [-0.4, -0.2) is 37.8 Å². The van der Waals surface area contributed by atoms with Crippen LogP contribution < -0.4 is 0 Å². The molecule has 2 aromatic rings. The third kappa shape index (κ3) is 3.50. The molecule has 0 N–H and O–H groups in total. The summed E-state index contributed by atoms with van der Waals surface area (Å²) in [5.41, 5.74) is -4.79. The Hall–Kier alpha value is -4.82. The van der Waals surface area contributed by atoms with Crippen molar-refractivity contribution in [1.29, 1.82) is 0 Å². The maximum Gasteiger partial charge on any atom is 0.285 e. The molecule has 0 amide bonds. The minimum absolute atomic E-state index is 0.280. The first kappa shape index (κ1) is 20.9. The first-order chi connectivity index (χ1) is 14.6. The number of carbonyl (C=O) groups excluding carboxylic acids is 1. The number of fused-ring (bicyclic) bond motifs is 3. The van der Waals surface area contributed by atoms with Crippen LogP contribution in [0.2, 0.25) is 0 Å². The third-order valence-corrected chi connectivity index (χ3v) is 4.28. The lowest BCUT2D eigenvalue weighted by Gasteiger charge is -2.05. The Morgan fingerprint density at radius 3 is 1.55 bits per heavy atom. The Labute approximate surface area is 170 Å².